The van der Waals surface area contributed by atoms with Crippen LogP contribution in [0.1, 0.15) is 32.7 Å². The van der Waals surface area contributed by atoms with E-state index in [4.69, 9.17) is 0 Å². The lowest BCUT2D eigenvalue weighted by Crippen LogP contribution is -2.52. The Bertz CT molecular complexity index is 1390. The zero-order chi connectivity index (χ0) is 23.5. The Kier molecular flexibility index (Phi) is 5.86. The highest BCUT2D eigenvalue weighted by Crippen LogP contribution is 2.13. The van der Waals surface area contributed by atoms with Crippen molar-refractivity contribution in [2.24, 2.45) is 4.99 Å². The third-order valence-electron chi connectivity index (χ3n) is 6.07. The molecule has 0 spiro atoms. The third-order valence-corrected chi connectivity index (χ3v) is 6.07. The minimum absolute atomic E-state index is 0.0660. The number of piperazine rings is 1. The largest absolute Gasteiger partial charge is 0.359 e. The number of nitrogens with one attached hydrogen (secondary N) is 1. The maximum atomic E-state index is 13.2. The monoisotopic (exact) mass is 453 g/mol. The first-order valence-electron chi connectivity index (χ1n) is 11.2. The molecule has 2 aromatic heterocycles. The highest BCUT2D eigenvalue weighted by atomic mass is 16.2. The van der Waals surface area contributed by atoms with Crippen molar-refractivity contribution in [1.29, 1.82) is 0 Å². The number of hydrogen-bond acceptors (Lipinski definition) is 5. The summed E-state index contributed by atoms with van der Waals surface area (Å²) in [6, 6.07) is 12.8. The number of amides is 2. The smallest absolute Gasteiger partial charge is 0.295 e. The summed E-state index contributed by atoms with van der Waals surface area (Å²) in [5, 5.41) is 1.38. The van der Waals surface area contributed by atoms with E-state index in [1.54, 1.807) is 41.8 Å². The van der Waals surface area contributed by atoms with Gasteiger partial charge in [-0.1, -0.05) is 24.3 Å². The number of pyridine rings is 1. The van der Waals surface area contributed by atoms with Crippen LogP contribution in [-0.2, 0) is 4.79 Å². The van der Waals surface area contributed by atoms with Crippen molar-refractivity contribution in [2.45, 2.75) is 6.42 Å². The lowest BCUT2D eigenvalue weighted by Gasteiger charge is -2.34. The molecule has 1 N–H and O–H groups in total. The van der Waals surface area contributed by atoms with Gasteiger partial charge in [-0.15, -0.1) is 0 Å². The van der Waals surface area contributed by atoms with E-state index in [0.717, 1.165) is 5.56 Å². The Hall–Kier alpha value is -4.33. The van der Waals surface area contributed by atoms with Crippen molar-refractivity contribution in [3.05, 3.63) is 88.3 Å². The van der Waals surface area contributed by atoms with Gasteiger partial charge in [0.1, 0.15) is 0 Å². The van der Waals surface area contributed by atoms with Crippen molar-refractivity contribution in [2.75, 3.05) is 26.2 Å². The lowest BCUT2D eigenvalue weighted by atomic mass is 10.1. The molecule has 1 fully saturated rings. The molecule has 1 aromatic carbocycles. The van der Waals surface area contributed by atoms with Crippen LogP contribution in [0.5, 0.6) is 0 Å². The second kappa shape index (κ2) is 9.27. The van der Waals surface area contributed by atoms with E-state index in [9.17, 15) is 14.4 Å². The number of ketones is 1. The van der Waals surface area contributed by atoms with Crippen LogP contribution < -0.4 is 10.6 Å². The summed E-state index contributed by atoms with van der Waals surface area (Å²) in [5.74, 6) is -1.19. The van der Waals surface area contributed by atoms with Crippen LogP contribution >= 0.6 is 0 Å². The molecule has 0 unspecified atom stereocenters. The van der Waals surface area contributed by atoms with Gasteiger partial charge in [-0.2, -0.15) is 0 Å². The molecule has 3 aromatic rings. The summed E-state index contributed by atoms with van der Waals surface area (Å²) in [4.78, 5) is 53.9. The van der Waals surface area contributed by atoms with Gasteiger partial charge in [0.15, 0.2) is 0 Å². The predicted molar refractivity (Wildman–Crippen MR) is 128 cm³/mol. The van der Waals surface area contributed by atoms with Crippen LogP contribution in [0.2, 0.25) is 0 Å². The van der Waals surface area contributed by atoms with Crippen LogP contribution in [0.3, 0.4) is 0 Å². The van der Waals surface area contributed by atoms with Gasteiger partial charge in [-0.25, -0.2) is 0 Å². The van der Waals surface area contributed by atoms with E-state index in [-0.39, 0.29) is 5.91 Å². The second-order valence-electron chi connectivity index (χ2n) is 8.11. The predicted octanol–water partition coefficient (Wildman–Crippen LogP) is 0.989. The molecule has 5 rings (SSSR count). The number of nitrogens with zero attached hydrogens (tertiary/aromatic N) is 4. The molecule has 0 aliphatic carbocycles. The fraction of sp³-hybridized carbons (Fsp3) is 0.192. The fourth-order valence-electron chi connectivity index (χ4n) is 4.27. The summed E-state index contributed by atoms with van der Waals surface area (Å²) < 4.78 is 0. The van der Waals surface area contributed by atoms with Crippen molar-refractivity contribution in [1.82, 2.24) is 19.8 Å². The van der Waals surface area contributed by atoms with Crippen molar-refractivity contribution in [3.8, 4) is 0 Å². The Morgan fingerprint density at radius 3 is 2.32 bits per heavy atom. The quantitative estimate of drug-likeness (QED) is 0.471. The number of rotatable bonds is 4. The number of hydrogen-bond donors (Lipinski definition) is 1. The number of aliphatic imine (C=N–C) groups is 1. The van der Waals surface area contributed by atoms with E-state index >= 15 is 0 Å². The normalized spacial score (nSPS) is 15.4. The number of benzene rings is 1. The molecule has 0 atom stereocenters. The van der Waals surface area contributed by atoms with Gasteiger partial charge in [-0.3, -0.25) is 24.4 Å². The number of fused-ring (bicyclic) bond motifs is 1. The number of H-pyrrole nitrogens is 1. The molecular weight excluding hydrogens is 430 g/mol. The molecule has 8 nitrogen and oxygen atoms in total. The van der Waals surface area contributed by atoms with Crippen LogP contribution in [0.15, 0.2) is 66.0 Å². The summed E-state index contributed by atoms with van der Waals surface area (Å²) >= 11 is 0. The van der Waals surface area contributed by atoms with E-state index in [2.05, 4.69) is 15.0 Å². The second-order valence-corrected chi connectivity index (χ2v) is 8.11. The van der Waals surface area contributed by atoms with Gasteiger partial charge in [0.05, 0.1) is 16.6 Å². The minimum atomic E-state index is -0.562. The van der Waals surface area contributed by atoms with Crippen LogP contribution in [-0.4, -0.2) is 69.8 Å². The first kappa shape index (κ1) is 21.5. The molecule has 34 heavy (non-hydrogen) atoms. The Morgan fingerprint density at radius 1 is 0.882 bits per heavy atom. The summed E-state index contributed by atoms with van der Waals surface area (Å²) in [5.41, 5.74) is 2.52. The maximum absolute atomic E-state index is 13.2. The first-order chi connectivity index (χ1) is 16.6. The minimum Gasteiger partial charge on any atom is -0.359 e. The van der Waals surface area contributed by atoms with Crippen molar-refractivity contribution < 1.29 is 14.4 Å². The molecule has 0 radical (unpaired) electrons. The third kappa shape index (κ3) is 4.05. The van der Waals surface area contributed by atoms with Crippen LogP contribution in [0.4, 0.5) is 0 Å². The highest BCUT2D eigenvalue weighted by molar-refractivity contribution is 6.42. The molecule has 2 aliphatic heterocycles. The molecule has 8 heteroatoms. The van der Waals surface area contributed by atoms with E-state index in [0.29, 0.717) is 60.0 Å². The summed E-state index contributed by atoms with van der Waals surface area (Å²) in [6.45, 7) is 1.41. The lowest BCUT2D eigenvalue weighted by molar-refractivity contribution is -0.127. The number of carbonyl (C=O) groups is 3. The Labute approximate surface area is 195 Å². The molecule has 1 saturated heterocycles. The average Bonchev–Trinajstić information content (AvgIpc) is 3.20. The molecule has 170 valence electrons. The van der Waals surface area contributed by atoms with Crippen molar-refractivity contribution in [3.63, 3.8) is 0 Å². The maximum Gasteiger partial charge on any atom is 0.295 e. The molecule has 2 aliphatic rings. The van der Waals surface area contributed by atoms with Crippen LogP contribution in [0, 0.1) is 0 Å². The standard InChI is InChI=1S/C26H23N5O3/c32-24(26(34)31-15-13-30(14-16-31)25(33)19-5-2-1-3-6-19)21-17-29-23-20(21)7-4-10-28-22(23)18-8-11-27-12-9-18/h1-3,5-12,17,29H,4,13-16H2. The van der Waals surface area contributed by atoms with E-state index < -0.39 is 11.7 Å². The number of carbonyl (C=O) groups excluding carboxylic acids is 3. The zero-order valence-corrected chi connectivity index (χ0v) is 18.5. The van der Waals surface area contributed by atoms with E-state index in [1.165, 1.54) is 4.90 Å². The Balaban J connectivity index is 1.35. The first-order valence-corrected chi connectivity index (χ1v) is 11.2. The van der Waals surface area contributed by atoms with Gasteiger partial charge < -0.3 is 14.8 Å². The molecule has 0 bridgehead atoms. The topological polar surface area (TPSA) is 98.7 Å². The Morgan fingerprint density at radius 2 is 1.59 bits per heavy atom. The molecular formula is C26H23N5O3. The molecule has 2 amide bonds. The molecule has 0 saturated carbocycles. The van der Waals surface area contributed by atoms with Crippen LogP contribution in [0.25, 0.3) is 11.8 Å². The number of Topliss-reactive ketones (excluding diaryl/α,β-unsaturated/α-hetero) is 1. The van der Waals surface area contributed by atoms with Gasteiger partial charge in [0.2, 0.25) is 0 Å². The van der Waals surface area contributed by atoms with Crippen molar-refractivity contribution >= 4 is 35.6 Å². The van der Waals surface area contributed by atoms with E-state index in [1.807, 2.05) is 36.4 Å². The fourth-order valence-corrected chi connectivity index (χ4v) is 4.27. The van der Waals surface area contributed by atoms with Gasteiger partial charge in [0, 0.05) is 73.8 Å². The van der Waals surface area contributed by atoms with Gasteiger partial charge in [-0.05, 0) is 24.3 Å². The number of aromatic nitrogens is 2. The van der Waals surface area contributed by atoms with Gasteiger partial charge >= 0.3 is 0 Å². The summed E-state index contributed by atoms with van der Waals surface area (Å²) in [6.07, 6.45) is 9.19. The molecule has 4 heterocycles. The SMILES string of the molecule is O=C(C(=O)N1CCN(C(=O)c2ccccc2)CC1)c1c[nH]c2c1=CCC=NC=2c1ccncc1. The number of aromatic amines is 1. The summed E-state index contributed by atoms with van der Waals surface area (Å²) in [7, 11) is 0. The highest BCUT2D eigenvalue weighted by Gasteiger charge is 2.30. The average molecular weight is 454 g/mol. The van der Waals surface area contributed by atoms with Gasteiger partial charge in [0.25, 0.3) is 17.6 Å². The zero-order valence-electron chi connectivity index (χ0n) is 18.5.